The summed E-state index contributed by atoms with van der Waals surface area (Å²) < 4.78 is 26.1. The maximum Gasteiger partial charge on any atom is 0.491 e. The SMILES string of the molecule is CNCC(=Cc1ccc(Cl)cc1F)B1OC(C)(C)C(C)(C)O1. The van der Waals surface area contributed by atoms with Gasteiger partial charge in [0.1, 0.15) is 5.82 Å². The van der Waals surface area contributed by atoms with Crippen molar-refractivity contribution in [1.82, 2.24) is 5.32 Å². The molecule has 6 heteroatoms. The fourth-order valence-electron chi connectivity index (χ4n) is 2.22. The molecule has 120 valence electrons. The van der Waals surface area contributed by atoms with Crippen LogP contribution in [0, 0.1) is 5.82 Å². The van der Waals surface area contributed by atoms with Crippen LogP contribution >= 0.6 is 11.6 Å². The Balaban J connectivity index is 2.33. The van der Waals surface area contributed by atoms with Gasteiger partial charge in [-0.15, -0.1) is 0 Å². The lowest BCUT2D eigenvalue weighted by atomic mass is 9.77. The van der Waals surface area contributed by atoms with Crippen molar-refractivity contribution in [2.24, 2.45) is 0 Å². The van der Waals surface area contributed by atoms with Crippen molar-refractivity contribution >= 4 is 24.8 Å². The van der Waals surface area contributed by atoms with Crippen molar-refractivity contribution in [3.63, 3.8) is 0 Å². The zero-order valence-corrected chi connectivity index (χ0v) is 14.4. The van der Waals surface area contributed by atoms with Crippen molar-refractivity contribution in [2.45, 2.75) is 38.9 Å². The summed E-state index contributed by atoms with van der Waals surface area (Å²) in [6, 6.07) is 4.62. The van der Waals surface area contributed by atoms with Crippen LogP contribution in [0.1, 0.15) is 33.3 Å². The van der Waals surface area contributed by atoms with Gasteiger partial charge in [0.25, 0.3) is 0 Å². The number of halogens is 2. The van der Waals surface area contributed by atoms with E-state index >= 15 is 0 Å². The lowest BCUT2D eigenvalue weighted by Crippen LogP contribution is -2.41. The van der Waals surface area contributed by atoms with E-state index in [2.05, 4.69) is 5.32 Å². The lowest BCUT2D eigenvalue weighted by molar-refractivity contribution is 0.00578. The molecular formula is C16H22BClFNO2. The molecule has 0 aliphatic carbocycles. The molecule has 0 radical (unpaired) electrons. The van der Waals surface area contributed by atoms with Crippen LogP contribution in [0.3, 0.4) is 0 Å². The van der Waals surface area contributed by atoms with Crippen LogP contribution in [-0.2, 0) is 9.31 Å². The van der Waals surface area contributed by atoms with Crippen LogP contribution < -0.4 is 5.32 Å². The molecule has 0 aromatic heterocycles. The molecule has 0 amide bonds. The predicted molar refractivity (Wildman–Crippen MR) is 89.4 cm³/mol. The maximum absolute atomic E-state index is 14.0. The first kappa shape index (κ1) is 17.5. The van der Waals surface area contributed by atoms with Gasteiger partial charge >= 0.3 is 7.12 Å². The van der Waals surface area contributed by atoms with E-state index in [4.69, 9.17) is 20.9 Å². The number of hydrogen-bond donors (Lipinski definition) is 1. The first-order chi connectivity index (χ1) is 10.2. The molecule has 0 atom stereocenters. The molecule has 1 aromatic carbocycles. The van der Waals surface area contributed by atoms with Gasteiger partial charge in [0.05, 0.1) is 11.2 Å². The first-order valence-corrected chi connectivity index (χ1v) is 7.70. The third-order valence-electron chi connectivity index (χ3n) is 4.24. The third kappa shape index (κ3) is 3.54. The zero-order valence-electron chi connectivity index (χ0n) is 13.7. The largest absolute Gasteiger partial charge is 0.491 e. The minimum atomic E-state index is -0.507. The second-order valence-electron chi connectivity index (χ2n) is 6.50. The zero-order chi connectivity index (χ0) is 16.5. The Morgan fingerprint density at radius 1 is 1.27 bits per heavy atom. The van der Waals surface area contributed by atoms with Crippen molar-refractivity contribution < 1.29 is 13.7 Å². The molecule has 0 saturated carbocycles. The van der Waals surface area contributed by atoms with Gasteiger partial charge in [0, 0.05) is 17.1 Å². The van der Waals surface area contributed by atoms with Crippen molar-refractivity contribution in [3.8, 4) is 0 Å². The standard InChI is InChI=1S/C16H22BClFNO2/c1-15(2)16(3,4)22-17(21-15)12(10-20-5)8-11-6-7-13(18)9-14(11)19/h6-9,20H,10H2,1-5H3. The molecule has 1 heterocycles. The molecule has 1 aromatic rings. The Hall–Kier alpha value is -0.875. The number of nitrogens with one attached hydrogen (secondary N) is 1. The molecule has 0 spiro atoms. The van der Waals surface area contributed by atoms with Crippen molar-refractivity contribution in [1.29, 1.82) is 0 Å². The fourth-order valence-corrected chi connectivity index (χ4v) is 2.38. The third-order valence-corrected chi connectivity index (χ3v) is 4.48. The predicted octanol–water partition coefficient (Wildman–Crippen LogP) is 3.71. The smallest absolute Gasteiger partial charge is 0.400 e. The Labute approximate surface area is 137 Å². The number of benzene rings is 1. The molecular weight excluding hydrogens is 303 g/mol. The van der Waals surface area contributed by atoms with Gasteiger partial charge in [-0.3, -0.25) is 0 Å². The average molecular weight is 326 g/mol. The van der Waals surface area contributed by atoms with Gasteiger partial charge in [0.15, 0.2) is 0 Å². The van der Waals surface area contributed by atoms with Gasteiger partial charge in [-0.25, -0.2) is 4.39 Å². The van der Waals surface area contributed by atoms with Crippen LogP contribution in [0.2, 0.25) is 5.02 Å². The highest BCUT2D eigenvalue weighted by atomic mass is 35.5. The second-order valence-corrected chi connectivity index (χ2v) is 6.94. The Bertz CT molecular complexity index is 574. The summed E-state index contributed by atoms with van der Waals surface area (Å²) in [4.78, 5) is 0. The molecule has 3 nitrogen and oxygen atoms in total. The van der Waals surface area contributed by atoms with E-state index in [1.807, 2.05) is 34.7 Å². The first-order valence-electron chi connectivity index (χ1n) is 7.32. The van der Waals surface area contributed by atoms with Crippen molar-refractivity contribution in [2.75, 3.05) is 13.6 Å². The second kappa shape index (κ2) is 6.32. The lowest BCUT2D eigenvalue weighted by Gasteiger charge is -2.32. The molecule has 1 aliphatic rings. The topological polar surface area (TPSA) is 30.5 Å². The summed E-state index contributed by atoms with van der Waals surface area (Å²) in [7, 11) is 1.32. The summed E-state index contributed by atoms with van der Waals surface area (Å²) in [5, 5.41) is 3.45. The van der Waals surface area contributed by atoms with Crippen LogP contribution in [-0.4, -0.2) is 31.9 Å². The highest BCUT2D eigenvalue weighted by Crippen LogP contribution is 2.38. The van der Waals surface area contributed by atoms with E-state index < -0.39 is 18.3 Å². The van der Waals surface area contributed by atoms with E-state index in [9.17, 15) is 4.39 Å². The van der Waals surface area contributed by atoms with Crippen LogP contribution in [0.5, 0.6) is 0 Å². The molecule has 22 heavy (non-hydrogen) atoms. The summed E-state index contributed by atoms with van der Waals surface area (Å²) in [5.74, 6) is -0.363. The minimum Gasteiger partial charge on any atom is -0.400 e. The van der Waals surface area contributed by atoms with Crippen LogP contribution in [0.15, 0.2) is 23.7 Å². The number of rotatable bonds is 4. The average Bonchev–Trinajstić information content (AvgIpc) is 2.61. The molecule has 1 saturated heterocycles. The van der Waals surface area contributed by atoms with Gasteiger partial charge in [-0.2, -0.15) is 0 Å². The fraction of sp³-hybridized carbons (Fsp3) is 0.500. The molecule has 0 unspecified atom stereocenters. The van der Waals surface area contributed by atoms with Gasteiger partial charge in [-0.1, -0.05) is 23.7 Å². The number of likely N-dealkylation sites (N-methyl/N-ethyl adjacent to an activating group) is 1. The highest BCUT2D eigenvalue weighted by molar-refractivity contribution is 6.55. The van der Waals surface area contributed by atoms with Gasteiger partial charge < -0.3 is 14.6 Å². The van der Waals surface area contributed by atoms with Crippen molar-refractivity contribution in [3.05, 3.63) is 40.1 Å². The number of hydrogen-bond acceptors (Lipinski definition) is 3. The summed E-state index contributed by atoms with van der Waals surface area (Å²) in [6.07, 6.45) is 1.75. The highest BCUT2D eigenvalue weighted by Gasteiger charge is 2.52. The summed E-state index contributed by atoms with van der Waals surface area (Å²) in [5.41, 5.74) is 0.443. The molecule has 1 aliphatic heterocycles. The monoisotopic (exact) mass is 325 g/mol. The summed E-state index contributed by atoms with van der Waals surface area (Å²) in [6.45, 7) is 8.51. The van der Waals surface area contributed by atoms with E-state index in [1.165, 1.54) is 6.07 Å². The molecule has 1 N–H and O–H groups in total. The summed E-state index contributed by atoms with van der Waals surface area (Å²) >= 11 is 5.79. The van der Waals surface area contributed by atoms with Crippen LogP contribution in [0.4, 0.5) is 4.39 Å². The molecule has 0 bridgehead atoms. The van der Waals surface area contributed by atoms with Gasteiger partial charge in [-0.05, 0) is 52.3 Å². The van der Waals surface area contributed by atoms with E-state index in [-0.39, 0.29) is 5.82 Å². The van der Waals surface area contributed by atoms with E-state index in [1.54, 1.807) is 18.2 Å². The maximum atomic E-state index is 14.0. The normalized spacial score (nSPS) is 20.5. The molecule has 1 fully saturated rings. The minimum absolute atomic E-state index is 0.363. The Kier molecular flexibility index (Phi) is 5.02. The van der Waals surface area contributed by atoms with E-state index in [0.29, 0.717) is 17.1 Å². The van der Waals surface area contributed by atoms with Crippen LogP contribution in [0.25, 0.3) is 6.08 Å². The van der Waals surface area contributed by atoms with Gasteiger partial charge in [0.2, 0.25) is 0 Å². The Morgan fingerprint density at radius 3 is 2.36 bits per heavy atom. The van der Waals surface area contributed by atoms with E-state index in [0.717, 1.165) is 5.47 Å². The quantitative estimate of drug-likeness (QED) is 0.856. The Morgan fingerprint density at radius 2 is 1.86 bits per heavy atom. The molecule has 2 rings (SSSR count).